The second kappa shape index (κ2) is 4.97. The standard InChI is InChI=1S/C12H9Br2NO/c1-8-6-10(14)12(15-7-8)16-11-5-3-2-4-9(11)13/h2-7H,1H3. The first-order chi connectivity index (χ1) is 7.66. The molecule has 1 heterocycles. The van der Waals surface area contributed by atoms with Crippen molar-refractivity contribution in [2.24, 2.45) is 0 Å². The van der Waals surface area contributed by atoms with Crippen LogP contribution in [-0.2, 0) is 0 Å². The Morgan fingerprint density at radius 2 is 1.88 bits per heavy atom. The van der Waals surface area contributed by atoms with Gasteiger partial charge in [0.05, 0.1) is 8.95 Å². The van der Waals surface area contributed by atoms with Crippen molar-refractivity contribution < 1.29 is 4.74 Å². The molecular weight excluding hydrogens is 334 g/mol. The minimum absolute atomic E-state index is 0.567. The van der Waals surface area contributed by atoms with Gasteiger partial charge in [-0.05, 0) is 62.5 Å². The largest absolute Gasteiger partial charge is 0.437 e. The van der Waals surface area contributed by atoms with Crippen molar-refractivity contribution in [1.29, 1.82) is 0 Å². The van der Waals surface area contributed by atoms with E-state index in [0.29, 0.717) is 5.88 Å². The number of nitrogens with zero attached hydrogens (tertiary/aromatic N) is 1. The van der Waals surface area contributed by atoms with Gasteiger partial charge in [0.1, 0.15) is 5.75 Å². The van der Waals surface area contributed by atoms with Crippen molar-refractivity contribution in [3.05, 3.63) is 51.0 Å². The minimum atomic E-state index is 0.567. The van der Waals surface area contributed by atoms with Crippen LogP contribution >= 0.6 is 31.9 Å². The zero-order valence-corrected chi connectivity index (χ0v) is 11.7. The quantitative estimate of drug-likeness (QED) is 0.788. The fourth-order valence-electron chi connectivity index (χ4n) is 1.23. The number of hydrogen-bond acceptors (Lipinski definition) is 2. The van der Waals surface area contributed by atoms with Gasteiger partial charge in [-0.1, -0.05) is 12.1 Å². The molecule has 0 saturated carbocycles. The Labute approximate surface area is 111 Å². The van der Waals surface area contributed by atoms with Crippen molar-refractivity contribution >= 4 is 31.9 Å². The van der Waals surface area contributed by atoms with Crippen molar-refractivity contribution in [3.63, 3.8) is 0 Å². The Kier molecular flexibility index (Phi) is 3.61. The van der Waals surface area contributed by atoms with E-state index in [2.05, 4.69) is 36.8 Å². The molecule has 0 amide bonds. The van der Waals surface area contributed by atoms with Crippen LogP contribution in [0, 0.1) is 6.92 Å². The van der Waals surface area contributed by atoms with E-state index in [1.165, 1.54) is 0 Å². The molecule has 0 saturated heterocycles. The SMILES string of the molecule is Cc1cnc(Oc2ccccc2Br)c(Br)c1. The molecule has 0 spiro atoms. The van der Waals surface area contributed by atoms with E-state index in [1.54, 1.807) is 6.20 Å². The maximum absolute atomic E-state index is 5.69. The summed E-state index contributed by atoms with van der Waals surface area (Å²) in [6, 6.07) is 9.64. The first kappa shape index (κ1) is 11.6. The monoisotopic (exact) mass is 341 g/mol. The molecule has 0 aliphatic heterocycles. The van der Waals surface area contributed by atoms with Crippen molar-refractivity contribution in [1.82, 2.24) is 4.98 Å². The fourth-order valence-corrected chi connectivity index (χ4v) is 2.14. The average molecular weight is 343 g/mol. The summed E-state index contributed by atoms with van der Waals surface area (Å²) < 4.78 is 7.45. The molecule has 0 aliphatic rings. The van der Waals surface area contributed by atoms with E-state index in [-0.39, 0.29) is 0 Å². The number of para-hydroxylation sites is 1. The van der Waals surface area contributed by atoms with Gasteiger partial charge in [0.15, 0.2) is 0 Å². The molecule has 0 bridgehead atoms. The molecule has 0 radical (unpaired) electrons. The first-order valence-electron chi connectivity index (χ1n) is 4.71. The van der Waals surface area contributed by atoms with Crippen LogP contribution < -0.4 is 4.74 Å². The topological polar surface area (TPSA) is 22.1 Å². The van der Waals surface area contributed by atoms with E-state index in [1.807, 2.05) is 37.3 Å². The summed E-state index contributed by atoms with van der Waals surface area (Å²) in [5.41, 5.74) is 1.09. The summed E-state index contributed by atoms with van der Waals surface area (Å²) in [5, 5.41) is 0. The van der Waals surface area contributed by atoms with Crippen LogP contribution in [0.3, 0.4) is 0 Å². The summed E-state index contributed by atoms with van der Waals surface area (Å²) in [6.07, 6.45) is 1.77. The Morgan fingerprint density at radius 1 is 1.12 bits per heavy atom. The molecule has 0 atom stereocenters. The zero-order valence-electron chi connectivity index (χ0n) is 8.58. The first-order valence-corrected chi connectivity index (χ1v) is 6.30. The smallest absolute Gasteiger partial charge is 0.233 e. The lowest BCUT2D eigenvalue weighted by Crippen LogP contribution is -1.90. The van der Waals surface area contributed by atoms with Gasteiger partial charge in [0, 0.05) is 6.20 Å². The molecule has 1 aromatic carbocycles. The van der Waals surface area contributed by atoms with Crippen LogP contribution in [0.5, 0.6) is 11.6 Å². The molecule has 2 aromatic rings. The molecule has 2 nitrogen and oxygen atoms in total. The number of rotatable bonds is 2. The van der Waals surface area contributed by atoms with Crippen LogP contribution in [0.25, 0.3) is 0 Å². The number of pyridine rings is 1. The van der Waals surface area contributed by atoms with Gasteiger partial charge in [-0.15, -0.1) is 0 Å². The number of aryl methyl sites for hydroxylation is 1. The molecule has 1 aromatic heterocycles. The number of hydrogen-bond donors (Lipinski definition) is 0. The third-order valence-electron chi connectivity index (χ3n) is 1.99. The normalized spacial score (nSPS) is 10.2. The number of halogens is 2. The van der Waals surface area contributed by atoms with Crippen LogP contribution in [-0.4, -0.2) is 4.98 Å². The van der Waals surface area contributed by atoms with Crippen LogP contribution in [0.15, 0.2) is 45.5 Å². The summed E-state index contributed by atoms with van der Waals surface area (Å²) in [7, 11) is 0. The summed E-state index contributed by atoms with van der Waals surface area (Å²) >= 11 is 6.85. The molecule has 0 unspecified atom stereocenters. The fraction of sp³-hybridized carbons (Fsp3) is 0.0833. The van der Waals surface area contributed by atoms with Crippen molar-refractivity contribution in [2.45, 2.75) is 6.92 Å². The molecular formula is C12H9Br2NO. The third kappa shape index (κ3) is 2.62. The highest BCUT2D eigenvalue weighted by molar-refractivity contribution is 9.11. The van der Waals surface area contributed by atoms with Gasteiger partial charge < -0.3 is 4.74 Å². The van der Waals surface area contributed by atoms with Crippen molar-refractivity contribution in [3.8, 4) is 11.6 Å². The van der Waals surface area contributed by atoms with Crippen LogP contribution in [0.2, 0.25) is 0 Å². The second-order valence-corrected chi connectivity index (χ2v) is 5.04. The Hall–Kier alpha value is -0.870. The lowest BCUT2D eigenvalue weighted by Gasteiger charge is -2.08. The third-order valence-corrected chi connectivity index (χ3v) is 3.21. The van der Waals surface area contributed by atoms with Gasteiger partial charge in [0.25, 0.3) is 0 Å². The molecule has 0 aliphatic carbocycles. The van der Waals surface area contributed by atoms with Gasteiger partial charge in [-0.25, -0.2) is 4.98 Å². The maximum Gasteiger partial charge on any atom is 0.233 e. The highest BCUT2D eigenvalue weighted by Gasteiger charge is 2.06. The predicted octanol–water partition coefficient (Wildman–Crippen LogP) is 4.71. The lowest BCUT2D eigenvalue weighted by atomic mass is 10.3. The summed E-state index contributed by atoms with van der Waals surface area (Å²) in [5.74, 6) is 1.32. The number of aromatic nitrogens is 1. The van der Waals surface area contributed by atoms with Gasteiger partial charge in [0.2, 0.25) is 5.88 Å². The van der Waals surface area contributed by atoms with E-state index >= 15 is 0 Å². The number of benzene rings is 1. The Bertz CT molecular complexity index is 514. The van der Waals surface area contributed by atoms with Crippen molar-refractivity contribution in [2.75, 3.05) is 0 Å². The maximum atomic E-state index is 5.69. The van der Waals surface area contributed by atoms with E-state index in [4.69, 9.17) is 4.74 Å². The highest BCUT2D eigenvalue weighted by Crippen LogP contribution is 2.32. The minimum Gasteiger partial charge on any atom is -0.437 e. The van der Waals surface area contributed by atoms with E-state index < -0.39 is 0 Å². The van der Waals surface area contributed by atoms with Crippen LogP contribution in [0.4, 0.5) is 0 Å². The highest BCUT2D eigenvalue weighted by atomic mass is 79.9. The van der Waals surface area contributed by atoms with Crippen LogP contribution in [0.1, 0.15) is 5.56 Å². The molecule has 0 fully saturated rings. The zero-order chi connectivity index (χ0) is 11.5. The van der Waals surface area contributed by atoms with Gasteiger partial charge >= 0.3 is 0 Å². The molecule has 4 heteroatoms. The lowest BCUT2D eigenvalue weighted by molar-refractivity contribution is 0.456. The molecule has 16 heavy (non-hydrogen) atoms. The van der Waals surface area contributed by atoms with Gasteiger partial charge in [-0.2, -0.15) is 0 Å². The van der Waals surface area contributed by atoms with E-state index in [9.17, 15) is 0 Å². The summed E-state index contributed by atoms with van der Waals surface area (Å²) in [4.78, 5) is 4.22. The van der Waals surface area contributed by atoms with Gasteiger partial charge in [-0.3, -0.25) is 0 Å². The Balaban J connectivity index is 2.31. The predicted molar refractivity (Wildman–Crippen MR) is 70.9 cm³/mol. The van der Waals surface area contributed by atoms with E-state index in [0.717, 1.165) is 20.3 Å². The Morgan fingerprint density at radius 3 is 2.56 bits per heavy atom. The second-order valence-electron chi connectivity index (χ2n) is 3.33. The average Bonchev–Trinajstić information content (AvgIpc) is 2.25. The summed E-state index contributed by atoms with van der Waals surface area (Å²) in [6.45, 7) is 1.99. The number of ether oxygens (including phenoxy) is 1. The molecule has 0 N–H and O–H groups in total. The molecule has 2 rings (SSSR count). The molecule has 82 valence electrons.